The number of rotatable bonds is 8. The van der Waals surface area contributed by atoms with Gasteiger partial charge in [0.25, 0.3) is 0 Å². The van der Waals surface area contributed by atoms with Crippen LogP contribution in [0.1, 0.15) is 59.3 Å². The van der Waals surface area contributed by atoms with E-state index in [0.717, 1.165) is 5.92 Å². The van der Waals surface area contributed by atoms with Crippen LogP contribution in [0.25, 0.3) is 0 Å². The lowest BCUT2D eigenvalue weighted by molar-refractivity contribution is 0.197. The summed E-state index contributed by atoms with van der Waals surface area (Å²) in [6.45, 7) is 12.1. The molecule has 0 amide bonds. The molecule has 1 aliphatic rings. The van der Waals surface area contributed by atoms with Gasteiger partial charge in [-0.1, -0.05) is 19.8 Å². The second kappa shape index (κ2) is 8.92. The predicted molar refractivity (Wildman–Crippen MR) is 81.1 cm³/mol. The molecule has 18 heavy (non-hydrogen) atoms. The summed E-state index contributed by atoms with van der Waals surface area (Å²) < 4.78 is 0. The van der Waals surface area contributed by atoms with Gasteiger partial charge in [0, 0.05) is 6.04 Å². The fourth-order valence-corrected chi connectivity index (χ4v) is 3.01. The summed E-state index contributed by atoms with van der Waals surface area (Å²) in [5.41, 5.74) is 0. The van der Waals surface area contributed by atoms with E-state index in [2.05, 4.69) is 37.6 Å². The van der Waals surface area contributed by atoms with Gasteiger partial charge in [-0.25, -0.2) is 0 Å². The van der Waals surface area contributed by atoms with E-state index in [1.54, 1.807) is 0 Å². The highest BCUT2D eigenvalue weighted by atomic mass is 15.1. The number of hydrogen-bond acceptors (Lipinski definition) is 2. The first-order chi connectivity index (χ1) is 8.63. The fourth-order valence-electron chi connectivity index (χ4n) is 3.01. The van der Waals surface area contributed by atoms with E-state index in [1.165, 1.54) is 64.7 Å². The van der Waals surface area contributed by atoms with E-state index in [9.17, 15) is 0 Å². The van der Waals surface area contributed by atoms with Crippen LogP contribution in [0.5, 0.6) is 0 Å². The summed E-state index contributed by atoms with van der Waals surface area (Å²) in [4.78, 5) is 5.10. The molecule has 1 heterocycles. The summed E-state index contributed by atoms with van der Waals surface area (Å²) in [7, 11) is 2.25. The van der Waals surface area contributed by atoms with Crippen LogP contribution >= 0.6 is 0 Å². The maximum atomic E-state index is 2.63. The Hall–Kier alpha value is -0.0800. The van der Waals surface area contributed by atoms with Gasteiger partial charge in [-0.2, -0.15) is 0 Å². The maximum Gasteiger partial charge on any atom is 0.00385 e. The molecule has 0 N–H and O–H groups in total. The molecule has 0 aromatic rings. The van der Waals surface area contributed by atoms with Gasteiger partial charge in [-0.3, -0.25) is 0 Å². The number of nitrogens with zero attached hydrogens (tertiary/aromatic N) is 2. The van der Waals surface area contributed by atoms with Crippen LogP contribution < -0.4 is 0 Å². The van der Waals surface area contributed by atoms with Crippen LogP contribution in [-0.4, -0.2) is 49.1 Å². The van der Waals surface area contributed by atoms with E-state index in [-0.39, 0.29) is 0 Å². The molecular formula is C16H34N2. The van der Waals surface area contributed by atoms with Crippen molar-refractivity contribution < 1.29 is 0 Å². The van der Waals surface area contributed by atoms with Crippen molar-refractivity contribution in [2.75, 3.05) is 33.2 Å². The Bertz CT molecular complexity index is 195. The molecule has 0 radical (unpaired) electrons. The van der Waals surface area contributed by atoms with Gasteiger partial charge in [0.1, 0.15) is 0 Å². The Balaban J connectivity index is 2.06. The third kappa shape index (κ3) is 6.19. The predicted octanol–water partition coefficient (Wildman–Crippen LogP) is 3.62. The molecular weight excluding hydrogens is 220 g/mol. The van der Waals surface area contributed by atoms with Crippen molar-refractivity contribution in [1.29, 1.82) is 0 Å². The van der Waals surface area contributed by atoms with Gasteiger partial charge in [-0.15, -0.1) is 0 Å². The first kappa shape index (κ1) is 16.0. The lowest BCUT2D eigenvalue weighted by Gasteiger charge is -2.29. The van der Waals surface area contributed by atoms with Gasteiger partial charge in [0.05, 0.1) is 0 Å². The van der Waals surface area contributed by atoms with Crippen molar-refractivity contribution in [3.8, 4) is 0 Å². The molecule has 0 aliphatic carbocycles. The normalized spacial score (nSPS) is 19.0. The van der Waals surface area contributed by atoms with Crippen molar-refractivity contribution >= 4 is 0 Å². The molecule has 2 nitrogen and oxygen atoms in total. The van der Waals surface area contributed by atoms with Crippen LogP contribution in [0.4, 0.5) is 0 Å². The highest BCUT2D eigenvalue weighted by Gasteiger charge is 2.16. The summed E-state index contributed by atoms with van der Waals surface area (Å²) in [6, 6.07) is 0.716. The smallest absolute Gasteiger partial charge is 0.00385 e. The molecule has 1 rings (SSSR count). The van der Waals surface area contributed by atoms with Gasteiger partial charge < -0.3 is 9.80 Å². The molecule has 108 valence electrons. The SMILES string of the molecule is CCCN(CCCCC1CCN(C)CC1)C(C)C. The Morgan fingerprint density at radius 3 is 2.33 bits per heavy atom. The van der Waals surface area contributed by atoms with Gasteiger partial charge in [0.2, 0.25) is 0 Å². The number of likely N-dealkylation sites (tertiary alicyclic amines) is 1. The highest BCUT2D eigenvalue weighted by molar-refractivity contribution is 4.70. The second-order valence-corrected chi connectivity index (χ2v) is 6.37. The van der Waals surface area contributed by atoms with Crippen molar-refractivity contribution in [2.24, 2.45) is 5.92 Å². The zero-order valence-corrected chi connectivity index (χ0v) is 13.1. The third-order valence-corrected chi connectivity index (χ3v) is 4.39. The minimum Gasteiger partial charge on any atom is -0.306 e. The van der Waals surface area contributed by atoms with Crippen molar-refractivity contribution in [3.05, 3.63) is 0 Å². The highest BCUT2D eigenvalue weighted by Crippen LogP contribution is 2.21. The Kier molecular flexibility index (Phi) is 7.92. The molecule has 0 atom stereocenters. The first-order valence-electron chi connectivity index (χ1n) is 8.06. The van der Waals surface area contributed by atoms with Crippen molar-refractivity contribution in [2.45, 2.75) is 65.3 Å². The second-order valence-electron chi connectivity index (χ2n) is 6.37. The van der Waals surface area contributed by atoms with Crippen molar-refractivity contribution in [3.63, 3.8) is 0 Å². The first-order valence-corrected chi connectivity index (χ1v) is 8.06. The van der Waals surface area contributed by atoms with E-state index < -0.39 is 0 Å². The summed E-state index contributed by atoms with van der Waals surface area (Å²) >= 11 is 0. The van der Waals surface area contributed by atoms with E-state index in [0.29, 0.717) is 6.04 Å². The fraction of sp³-hybridized carbons (Fsp3) is 1.00. The zero-order chi connectivity index (χ0) is 13.4. The Labute approximate surface area is 115 Å². The molecule has 0 saturated carbocycles. The Morgan fingerprint density at radius 1 is 1.11 bits per heavy atom. The van der Waals surface area contributed by atoms with Crippen LogP contribution in [0.15, 0.2) is 0 Å². The van der Waals surface area contributed by atoms with E-state index >= 15 is 0 Å². The quantitative estimate of drug-likeness (QED) is 0.610. The summed E-state index contributed by atoms with van der Waals surface area (Å²) in [5, 5.41) is 0. The average molecular weight is 254 g/mol. The molecule has 0 unspecified atom stereocenters. The largest absolute Gasteiger partial charge is 0.306 e. The third-order valence-electron chi connectivity index (χ3n) is 4.39. The van der Waals surface area contributed by atoms with E-state index in [4.69, 9.17) is 0 Å². The molecule has 0 bridgehead atoms. The van der Waals surface area contributed by atoms with Crippen LogP contribution in [0.2, 0.25) is 0 Å². The topological polar surface area (TPSA) is 6.48 Å². The van der Waals surface area contributed by atoms with Gasteiger partial charge >= 0.3 is 0 Å². The van der Waals surface area contributed by atoms with Crippen molar-refractivity contribution in [1.82, 2.24) is 9.80 Å². The molecule has 0 aromatic heterocycles. The Morgan fingerprint density at radius 2 is 1.78 bits per heavy atom. The number of piperidine rings is 1. The average Bonchev–Trinajstić information content (AvgIpc) is 2.35. The monoisotopic (exact) mass is 254 g/mol. The summed E-state index contributed by atoms with van der Waals surface area (Å²) in [5.74, 6) is 1.01. The lowest BCUT2D eigenvalue weighted by atomic mass is 9.92. The van der Waals surface area contributed by atoms with Crippen LogP contribution in [0.3, 0.4) is 0 Å². The molecule has 1 aliphatic heterocycles. The number of unbranched alkanes of at least 4 members (excludes halogenated alkanes) is 1. The molecule has 1 saturated heterocycles. The summed E-state index contributed by atoms with van der Waals surface area (Å²) in [6.07, 6.45) is 8.43. The standard InChI is InChI=1S/C16H34N2/c1-5-11-18(15(2)3)12-7-6-8-16-9-13-17(4)14-10-16/h15-16H,5-14H2,1-4H3. The molecule has 1 fully saturated rings. The minimum absolute atomic E-state index is 0.716. The van der Waals surface area contributed by atoms with E-state index in [1.807, 2.05) is 0 Å². The lowest BCUT2D eigenvalue weighted by Crippen LogP contribution is -2.32. The molecule has 2 heteroatoms. The molecule has 0 aromatic carbocycles. The van der Waals surface area contributed by atoms with Crippen LogP contribution in [0, 0.1) is 5.92 Å². The van der Waals surface area contributed by atoms with Crippen LogP contribution in [-0.2, 0) is 0 Å². The molecule has 0 spiro atoms. The number of hydrogen-bond donors (Lipinski definition) is 0. The minimum atomic E-state index is 0.716. The van der Waals surface area contributed by atoms with Gasteiger partial charge in [0.15, 0.2) is 0 Å². The maximum absolute atomic E-state index is 2.63. The zero-order valence-electron chi connectivity index (χ0n) is 13.1. The van der Waals surface area contributed by atoms with Gasteiger partial charge in [-0.05, 0) is 78.7 Å².